The lowest BCUT2D eigenvalue weighted by Gasteiger charge is -2.23. The number of hydrogen-bond donors (Lipinski definition) is 0. The summed E-state index contributed by atoms with van der Waals surface area (Å²) in [6, 6.07) is 11.8. The first kappa shape index (κ1) is 13.4. The van der Waals surface area contributed by atoms with Gasteiger partial charge in [-0.3, -0.25) is 4.84 Å². The van der Waals surface area contributed by atoms with E-state index in [4.69, 9.17) is 14.8 Å². The monoisotopic (exact) mass is 257 g/mol. The van der Waals surface area contributed by atoms with Crippen LogP contribution in [0.15, 0.2) is 24.3 Å². The van der Waals surface area contributed by atoms with Crippen LogP contribution in [-0.2, 0) is 4.84 Å². The van der Waals surface area contributed by atoms with Gasteiger partial charge in [-0.25, -0.2) is 0 Å². The van der Waals surface area contributed by atoms with Gasteiger partial charge in [-0.15, -0.1) is 0 Å². The van der Waals surface area contributed by atoms with Crippen molar-refractivity contribution in [2.24, 2.45) is 5.92 Å². The molecule has 1 saturated heterocycles. The van der Waals surface area contributed by atoms with E-state index in [1.807, 2.05) is 24.3 Å². The van der Waals surface area contributed by atoms with Gasteiger partial charge in [0.15, 0.2) is 0 Å². The van der Waals surface area contributed by atoms with E-state index in [1.54, 1.807) is 12.2 Å². The van der Waals surface area contributed by atoms with Crippen molar-refractivity contribution in [2.75, 3.05) is 20.3 Å². The predicted octanol–water partition coefficient (Wildman–Crippen LogP) is 2.04. The van der Waals surface area contributed by atoms with Crippen LogP contribution >= 0.6 is 0 Å². The molecule has 1 fully saturated rings. The first-order chi connectivity index (χ1) is 9.30. The maximum absolute atomic E-state index is 9.20. The summed E-state index contributed by atoms with van der Waals surface area (Å²) in [5.41, 5.74) is 1.00. The average molecular weight is 257 g/mol. The minimum Gasteiger partial charge on any atom is -0.497 e. The summed E-state index contributed by atoms with van der Waals surface area (Å²) in [4.78, 5) is 5.51. The van der Waals surface area contributed by atoms with E-state index in [-0.39, 0.29) is 12.0 Å². The molecule has 1 aliphatic rings. The zero-order valence-corrected chi connectivity index (χ0v) is 10.7. The van der Waals surface area contributed by atoms with Crippen LogP contribution in [0.5, 0.6) is 5.75 Å². The van der Waals surface area contributed by atoms with Gasteiger partial charge in [0, 0.05) is 6.54 Å². The van der Waals surface area contributed by atoms with E-state index >= 15 is 0 Å². The van der Waals surface area contributed by atoms with Crippen LogP contribution in [0.3, 0.4) is 0 Å². The van der Waals surface area contributed by atoms with Crippen molar-refractivity contribution in [1.82, 2.24) is 5.06 Å². The van der Waals surface area contributed by atoms with Gasteiger partial charge in [-0.1, -0.05) is 12.1 Å². The number of ether oxygens (including phenoxy) is 1. The molecule has 5 nitrogen and oxygen atoms in total. The van der Waals surface area contributed by atoms with Crippen LogP contribution < -0.4 is 4.74 Å². The first-order valence-electron chi connectivity index (χ1n) is 6.10. The van der Waals surface area contributed by atoms with Gasteiger partial charge in [0.05, 0.1) is 44.2 Å². The molecule has 5 heteroatoms. The van der Waals surface area contributed by atoms with Crippen molar-refractivity contribution in [3.05, 3.63) is 29.8 Å². The molecule has 2 atom stereocenters. The van der Waals surface area contributed by atoms with Gasteiger partial charge in [0.25, 0.3) is 0 Å². The fourth-order valence-corrected chi connectivity index (χ4v) is 2.22. The Hall–Kier alpha value is -2.08. The number of nitriles is 2. The second kappa shape index (κ2) is 6.19. The predicted molar refractivity (Wildman–Crippen MR) is 67.7 cm³/mol. The highest BCUT2D eigenvalue weighted by atomic mass is 16.7. The molecule has 0 N–H and O–H groups in total. The Balaban J connectivity index is 2.20. The maximum atomic E-state index is 9.20. The number of rotatable bonds is 4. The molecule has 0 bridgehead atoms. The second-order valence-corrected chi connectivity index (χ2v) is 4.30. The summed E-state index contributed by atoms with van der Waals surface area (Å²) in [6.07, 6.45) is 0.380. The number of hydrogen-bond acceptors (Lipinski definition) is 5. The smallest absolute Gasteiger partial charge is 0.118 e. The molecule has 1 heterocycles. The van der Waals surface area contributed by atoms with Crippen LogP contribution in [0.4, 0.5) is 0 Å². The third kappa shape index (κ3) is 2.85. The molecule has 0 aromatic heterocycles. The summed E-state index contributed by atoms with van der Waals surface area (Å²) < 4.78 is 5.12. The topological polar surface area (TPSA) is 69.3 Å². The Morgan fingerprint density at radius 2 is 2.11 bits per heavy atom. The average Bonchev–Trinajstić information content (AvgIpc) is 2.88. The third-order valence-corrected chi connectivity index (χ3v) is 3.18. The van der Waals surface area contributed by atoms with E-state index in [0.29, 0.717) is 19.6 Å². The molecule has 0 spiro atoms. The molecule has 19 heavy (non-hydrogen) atoms. The second-order valence-electron chi connectivity index (χ2n) is 4.30. The van der Waals surface area contributed by atoms with Crippen LogP contribution in [0.25, 0.3) is 0 Å². The maximum Gasteiger partial charge on any atom is 0.118 e. The van der Waals surface area contributed by atoms with Crippen molar-refractivity contribution in [3.8, 4) is 17.9 Å². The molecule has 0 saturated carbocycles. The highest BCUT2D eigenvalue weighted by Crippen LogP contribution is 2.35. The van der Waals surface area contributed by atoms with Gasteiger partial charge in [0.2, 0.25) is 0 Å². The molecule has 0 amide bonds. The van der Waals surface area contributed by atoms with E-state index in [0.717, 1.165) is 11.3 Å². The third-order valence-electron chi connectivity index (χ3n) is 3.18. The zero-order valence-electron chi connectivity index (χ0n) is 10.7. The number of hydroxylamine groups is 2. The number of methoxy groups -OCH3 is 1. The Labute approximate surface area is 112 Å². The van der Waals surface area contributed by atoms with Crippen molar-refractivity contribution in [1.29, 1.82) is 10.5 Å². The summed E-state index contributed by atoms with van der Waals surface area (Å²) >= 11 is 0. The molecule has 0 radical (unpaired) electrons. The van der Waals surface area contributed by atoms with Gasteiger partial charge in [-0.2, -0.15) is 15.6 Å². The lowest BCUT2D eigenvalue weighted by molar-refractivity contribution is -0.131. The van der Waals surface area contributed by atoms with Crippen molar-refractivity contribution < 1.29 is 9.57 Å². The molecule has 98 valence electrons. The Bertz CT molecular complexity index is 501. The highest BCUT2D eigenvalue weighted by Gasteiger charge is 2.36. The van der Waals surface area contributed by atoms with Crippen molar-refractivity contribution in [2.45, 2.75) is 12.5 Å². The van der Waals surface area contributed by atoms with E-state index in [9.17, 15) is 5.26 Å². The van der Waals surface area contributed by atoms with Crippen LogP contribution in [0, 0.1) is 28.6 Å². The van der Waals surface area contributed by atoms with E-state index < -0.39 is 0 Å². The molecule has 0 unspecified atom stereocenters. The summed E-state index contributed by atoms with van der Waals surface area (Å²) in [6.45, 7) is 0.879. The van der Waals surface area contributed by atoms with Crippen molar-refractivity contribution >= 4 is 0 Å². The zero-order chi connectivity index (χ0) is 13.7. The first-order valence-corrected chi connectivity index (χ1v) is 6.10. The fourth-order valence-electron chi connectivity index (χ4n) is 2.22. The van der Waals surface area contributed by atoms with E-state index in [2.05, 4.69) is 12.1 Å². The molecule has 1 aromatic carbocycles. The lowest BCUT2D eigenvalue weighted by atomic mass is 9.95. The van der Waals surface area contributed by atoms with Crippen LogP contribution in [-0.4, -0.2) is 25.3 Å². The summed E-state index contributed by atoms with van der Waals surface area (Å²) in [5, 5.41) is 19.6. The molecular weight excluding hydrogens is 242 g/mol. The van der Waals surface area contributed by atoms with Gasteiger partial charge in [0.1, 0.15) is 5.75 Å². The lowest BCUT2D eigenvalue weighted by Crippen LogP contribution is -2.25. The minimum absolute atomic E-state index is 0.121. The highest BCUT2D eigenvalue weighted by molar-refractivity contribution is 5.30. The summed E-state index contributed by atoms with van der Waals surface area (Å²) in [5.74, 6) is 0.562. The van der Waals surface area contributed by atoms with Gasteiger partial charge >= 0.3 is 0 Å². The van der Waals surface area contributed by atoms with Gasteiger partial charge < -0.3 is 4.74 Å². The SMILES string of the molecule is COc1ccc([C@H]2[C@H](C#N)CON2CCC#N)cc1. The normalized spacial score (nSPS) is 22.7. The molecule has 0 aliphatic carbocycles. The van der Waals surface area contributed by atoms with Crippen LogP contribution in [0.1, 0.15) is 18.0 Å². The Morgan fingerprint density at radius 3 is 2.68 bits per heavy atom. The van der Waals surface area contributed by atoms with Gasteiger partial charge in [-0.05, 0) is 17.7 Å². The standard InChI is InChI=1S/C14H15N3O2/c1-18-13-5-3-11(4-6-13)14-12(9-16)10-19-17(14)8-2-7-15/h3-6,12,14H,2,8,10H2,1H3/t12-,14+/m1/s1. The van der Waals surface area contributed by atoms with E-state index in [1.165, 1.54) is 0 Å². The molecular formula is C14H15N3O2. The largest absolute Gasteiger partial charge is 0.497 e. The minimum atomic E-state index is -0.216. The Kier molecular flexibility index (Phi) is 4.35. The summed E-state index contributed by atoms with van der Waals surface area (Å²) in [7, 11) is 1.62. The van der Waals surface area contributed by atoms with Crippen LogP contribution in [0.2, 0.25) is 0 Å². The number of benzene rings is 1. The fraction of sp³-hybridized carbons (Fsp3) is 0.429. The molecule has 1 aliphatic heterocycles. The number of nitrogens with zero attached hydrogens (tertiary/aromatic N) is 3. The Morgan fingerprint density at radius 1 is 1.37 bits per heavy atom. The molecule has 1 aromatic rings. The quantitative estimate of drug-likeness (QED) is 0.825. The van der Waals surface area contributed by atoms with Crippen molar-refractivity contribution in [3.63, 3.8) is 0 Å². The molecule has 2 rings (SSSR count).